The normalized spacial score (nSPS) is 10.7. The Balaban J connectivity index is 2.23. The molecule has 0 bridgehead atoms. The van der Waals surface area contributed by atoms with Crippen molar-refractivity contribution in [2.45, 2.75) is 0 Å². The Kier molecular flexibility index (Phi) is 3.12. The van der Waals surface area contributed by atoms with Crippen LogP contribution >= 0.6 is 11.6 Å². The summed E-state index contributed by atoms with van der Waals surface area (Å²) >= 11 is 6.23. The lowest BCUT2D eigenvalue weighted by atomic mass is 9.98. The van der Waals surface area contributed by atoms with Gasteiger partial charge in [0.25, 0.3) is 0 Å². The number of carboxylic acid groups (broad SMARTS) is 1. The fourth-order valence-corrected chi connectivity index (χ4v) is 2.51. The Morgan fingerprint density at radius 1 is 1.10 bits per heavy atom. The molecule has 1 N–H and O–H groups in total. The lowest BCUT2D eigenvalue weighted by Gasteiger charge is -2.09. The van der Waals surface area contributed by atoms with Gasteiger partial charge in [-0.3, -0.25) is 4.98 Å². The summed E-state index contributed by atoms with van der Waals surface area (Å²) in [6.45, 7) is 0. The van der Waals surface area contributed by atoms with Gasteiger partial charge in [0.15, 0.2) is 0 Å². The summed E-state index contributed by atoms with van der Waals surface area (Å²) in [6, 6.07) is 12.6. The van der Waals surface area contributed by atoms with Crippen LogP contribution in [-0.4, -0.2) is 16.1 Å². The molecular weight excluding hydrogens is 274 g/mol. The van der Waals surface area contributed by atoms with E-state index in [9.17, 15) is 4.79 Å². The molecule has 3 nitrogen and oxygen atoms in total. The smallest absolute Gasteiger partial charge is 0.335 e. The zero-order chi connectivity index (χ0) is 14.1. The van der Waals surface area contributed by atoms with E-state index in [4.69, 9.17) is 16.7 Å². The van der Waals surface area contributed by atoms with Crippen LogP contribution in [-0.2, 0) is 0 Å². The van der Waals surface area contributed by atoms with E-state index in [2.05, 4.69) is 4.98 Å². The molecule has 0 aliphatic carbocycles. The van der Waals surface area contributed by atoms with Crippen molar-refractivity contribution in [3.8, 4) is 11.1 Å². The molecule has 0 unspecified atom stereocenters. The van der Waals surface area contributed by atoms with Crippen LogP contribution in [0, 0.1) is 0 Å². The van der Waals surface area contributed by atoms with E-state index in [-0.39, 0.29) is 5.56 Å². The monoisotopic (exact) mass is 283 g/mol. The number of aromatic carboxylic acids is 1. The van der Waals surface area contributed by atoms with Crippen molar-refractivity contribution in [3.63, 3.8) is 0 Å². The molecule has 20 heavy (non-hydrogen) atoms. The van der Waals surface area contributed by atoms with Crippen molar-refractivity contribution in [2.75, 3.05) is 0 Å². The number of fused-ring (bicyclic) bond motifs is 1. The van der Waals surface area contributed by atoms with Crippen LogP contribution in [0.15, 0.2) is 54.9 Å². The fraction of sp³-hybridized carbons (Fsp3) is 0. The van der Waals surface area contributed by atoms with Crippen LogP contribution in [0.5, 0.6) is 0 Å². The molecule has 0 fully saturated rings. The van der Waals surface area contributed by atoms with Gasteiger partial charge in [0.2, 0.25) is 0 Å². The summed E-state index contributed by atoms with van der Waals surface area (Å²) in [5.74, 6) is -0.986. The molecule has 0 atom stereocenters. The van der Waals surface area contributed by atoms with Crippen LogP contribution in [0.3, 0.4) is 0 Å². The van der Waals surface area contributed by atoms with E-state index in [0.29, 0.717) is 5.02 Å². The molecule has 0 radical (unpaired) electrons. The van der Waals surface area contributed by atoms with Crippen molar-refractivity contribution in [2.24, 2.45) is 0 Å². The van der Waals surface area contributed by atoms with E-state index in [1.54, 1.807) is 24.5 Å². The second-order valence-electron chi connectivity index (χ2n) is 4.40. The number of nitrogens with zero attached hydrogens (tertiary/aromatic N) is 1. The molecule has 0 spiro atoms. The van der Waals surface area contributed by atoms with Gasteiger partial charge in [-0.15, -0.1) is 0 Å². The number of aromatic nitrogens is 1. The van der Waals surface area contributed by atoms with E-state index >= 15 is 0 Å². The first kappa shape index (κ1) is 12.6. The summed E-state index contributed by atoms with van der Waals surface area (Å²) in [7, 11) is 0. The van der Waals surface area contributed by atoms with Gasteiger partial charge in [0.1, 0.15) is 0 Å². The molecule has 0 saturated heterocycles. The second kappa shape index (κ2) is 4.94. The highest BCUT2D eigenvalue weighted by Crippen LogP contribution is 2.33. The summed E-state index contributed by atoms with van der Waals surface area (Å²) in [6.07, 6.45) is 3.52. The van der Waals surface area contributed by atoms with Gasteiger partial charge in [-0.1, -0.05) is 35.9 Å². The first-order valence-electron chi connectivity index (χ1n) is 6.03. The number of pyridine rings is 1. The third kappa shape index (κ3) is 2.12. The molecule has 2 aromatic carbocycles. The van der Waals surface area contributed by atoms with Crippen LogP contribution in [0.4, 0.5) is 0 Å². The summed E-state index contributed by atoms with van der Waals surface area (Å²) < 4.78 is 0. The van der Waals surface area contributed by atoms with Crippen LogP contribution in [0.25, 0.3) is 21.9 Å². The zero-order valence-corrected chi connectivity index (χ0v) is 11.1. The molecule has 0 aliphatic heterocycles. The van der Waals surface area contributed by atoms with E-state index in [1.807, 2.05) is 24.3 Å². The number of benzene rings is 2. The molecule has 98 valence electrons. The Morgan fingerprint density at radius 2 is 1.95 bits per heavy atom. The van der Waals surface area contributed by atoms with Gasteiger partial charge < -0.3 is 5.11 Å². The first-order valence-corrected chi connectivity index (χ1v) is 6.40. The number of hydrogen-bond acceptors (Lipinski definition) is 2. The molecule has 3 aromatic rings. The topological polar surface area (TPSA) is 50.2 Å². The summed E-state index contributed by atoms with van der Waals surface area (Å²) in [5.41, 5.74) is 1.96. The lowest BCUT2D eigenvalue weighted by Crippen LogP contribution is -1.96. The van der Waals surface area contributed by atoms with Crippen molar-refractivity contribution in [1.29, 1.82) is 0 Å². The molecular formula is C16H10ClNO2. The van der Waals surface area contributed by atoms with Gasteiger partial charge in [0.05, 0.1) is 5.56 Å². The maximum Gasteiger partial charge on any atom is 0.335 e. The van der Waals surface area contributed by atoms with Crippen molar-refractivity contribution < 1.29 is 9.90 Å². The van der Waals surface area contributed by atoms with Gasteiger partial charge in [-0.2, -0.15) is 0 Å². The Bertz CT molecular complexity index is 809. The first-order chi connectivity index (χ1) is 9.66. The molecule has 0 amide bonds. The van der Waals surface area contributed by atoms with Gasteiger partial charge >= 0.3 is 5.97 Å². The highest BCUT2D eigenvalue weighted by atomic mass is 35.5. The van der Waals surface area contributed by atoms with E-state index in [1.165, 1.54) is 6.07 Å². The van der Waals surface area contributed by atoms with Gasteiger partial charge in [-0.05, 0) is 29.1 Å². The van der Waals surface area contributed by atoms with Crippen LogP contribution in [0.1, 0.15) is 10.4 Å². The number of carbonyl (C=O) groups is 1. The summed E-state index contributed by atoms with van der Waals surface area (Å²) in [5, 5.41) is 11.5. The molecule has 1 aromatic heterocycles. The number of halogens is 1. The van der Waals surface area contributed by atoms with Crippen molar-refractivity contribution in [1.82, 2.24) is 4.98 Å². The SMILES string of the molecule is O=C(O)c1ccc(-c2cccc3cnccc23)c(Cl)c1. The predicted octanol–water partition coefficient (Wildman–Crippen LogP) is 4.25. The zero-order valence-electron chi connectivity index (χ0n) is 10.4. The van der Waals surface area contributed by atoms with Crippen LogP contribution < -0.4 is 0 Å². The minimum absolute atomic E-state index is 0.181. The number of hydrogen-bond donors (Lipinski definition) is 1. The van der Waals surface area contributed by atoms with E-state index < -0.39 is 5.97 Å². The molecule has 1 heterocycles. The Morgan fingerprint density at radius 3 is 2.70 bits per heavy atom. The molecule has 3 rings (SSSR count). The predicted molar refractivity (Wildman–Crippen MR) is 79.1 cm³/mol. The number of rotatable bonds is 2. The second-order valence-corrected chi connectivity index (χ2v) is 4.81. The van der Waals surface area contributed by atoms with Crippen molar-refractivity contribution in [3.05, 3.63) is 65.4 Å². The highest BCUT2D eigenvalue weighted by Gasteiger charge is 2.10. The molecule has 4 heteroatoms. The van der Waals surface area contributed by atoms with Crippen LogP contribution in [0.2, 0.25) is 5.02 Å². The molecule has 0 saturated carbocycles. The molecule has 0 aliphatic rings. The quantitative estimate of drug-likeness (QED) is 0.765. The number of carboxylic acids is 1. The van der Waals surface area contributed by atoms with Gasteiger partial charge in [0, 0.05) is 28.4 Å². The minimum atomic E-state index is -0.986. The van der Waals surface area contributed by atoms with Crippen molar-refractivity contribution >= 4 is 28.3 Å². The largest absolute Gasteiger partial charge is 0.478 e. The van der Waals surface area contributed by atoms with E-state index in [0.717, 1.165) is 21.9 Å². The average Bonchev–Trinajstić information content (AvgIpc) is 2.46. The third-order valence-electron chi connectivity index (χ3n) is 3.19. The fourth-order valence-electron chi connectivity index (χ4n) is 2.22. The average molecular weight is 284 g/mol. The Labute approximate surface area is 120 Å². The highest BCUT2D eigenvalue weighted by molar-refractivity contribution is 6.34. The minimum Gasteiger partial charge on any atom is -0.478 e. The standard InChI is InChI=1S/C16H10ClNO2/c17-15-8-10(16(19)20)4-5-14(15)13-3-1-2-11-9-18-7-6-12(11)13/h1-9H,(H,19,20). The van der Waals surface area contributed by atoms with Gasteiger partial charge in [-0.25, -0.2) is 4.79 Å². The summed E-state index contributed by atoms with van der Waals surface area (Å²) in [4.78, 5) is 15.0. The Hall–Kier alpha value is -2.39. The maximum atomic E-state index is 10.9. The lowest BCUT2D eigenvalue weighted by molar-refractivity contribution is 0.0697. The third-order valence-corrected chi connectivity index (χ3v) is 3.50. The maximum absolute atomic E-state index is 10.9.